The Morgan fingerprint density at radius 3 is 2.94 bits per heavy atom. The minimum atomic E-state index is 0.641. The Hall–Kier alpha value is -1.24. The van der Waals surface area contributed by atoms with E-state index >= 15 is 0 Å². The maximum atomic E-state index is 5.49. The second-order valence-electron chi connectivity index (χ2n) is 4.82. The molecular formula is C14H22N2O. The first kappa shape index (κ1) is 13.8. The summed E-state index contributed by atoms with van der Waals surface area (Å²) in [5, 5.41) is 3.39. The molecule has 94 valence electrons. The molecule has 0 unspecified atom stereocenters. The molecule has 3 nitrogen and oxygen atoms in total. The van der Waals surface area contributed by atoms with Crippen LogP contribution >= 0.6 is 0 Å². The van der Waals surface area contributed by atoms with Crippen molar-refractivity contribution < 1.29 is 4.42 Å². The molecule has 1 rings (SSSR count). The Balaban J connectivity index is 2.35. The summed E-state index contributed by atoms with van der Waals surface area (Å²) in [6.07, 6.45) is 7.06. The minimum Gasteiger partial charge on any atom is -0.468 e. The zero-order chi connectivity index (χ0) is 12.7. The number of nitrogens with zero attached hydrogens (tertiary/aromatic N) is 1. The second-order valence-corrected chi connectivity index (χ2v) is 4.82. The Morgan fingerprint density at radius 1 is 1.53 bits per heavy atom. The van der Waals surface area contributed by atoms with E-state index in [9.17, 15) is 0 Å². The number of nitrogens with one attached hydrogen (secondary N) is 1. The molecule has 0 saturated heterocycles. The summed E-state index contributed by atoms with van der Waals surface area (Å²) in [6, 6.07) is 2.08. The van der Waals surface area contributed by atoms with E-state index in [1.165, 1.54) is 5.56 Å². The first-order chi connectivity index (χ1) is 8.11. The first-order valence-corrected chi connectivity index (χ1v) is 6.00. The van der Waals surface area contributed by atoms with Gasteiger partial charge >= 0.3 is 0 Å². The highest BCUT2D eigenvalue weighted by molar-refractivity contribution is 5.12. The molecule has 0 spiro atoms. The van der Waals surface area contributed by atoms with Crippen molar-refractivity contribution in [3.63, 3.8) is 0 Å². The molecule has 0 aromatic carbocycles. The zero-order valence-corrected chi connectivity index (χ0v) is 11.0. The number of rotatable bonds is 7. The summed E-state index contributed by atoms with van der Waals surface area (Å²) >= 11 is 0. The van der Waals surface area contributed by atoms with Crippen molar-refractivity contribution in [1.29, 1.82) is 0 Å². The lowest BCUT2D eigenvalue weighted by Crippen LogP contribution is -2.18. The maximum Gasteiger partial charge on any atom is 0.118 e. The predicted octanol–water partition coefficient (Wildman–Crippen LogP) is 2.09. The molecule has 0 saturated carbocycles. The van der Waals surface area contributed by atoms with Gasteiger partial charge in [0.1, 0.15) is 5.76 Å². The van der Waals surface area contributed by atoms with E-state index in [1.807, 2.05) is 18.2 Å². The van der Waals surface area contributed by atoms with Crippen LogP contribution in [0.1, 0.15) is 25.2 Å². The molecule has 0 bridgehead atoms. The van der Waals surface area contributed by atoms with Gasteiger partial charge in [-0.05, 0) is 25.6 Å². The van der Waals surface area contributed by atoms with Crippen LogP contribution < -0.4 is 5.32 Å². The van der Waals surface area contributed by atoms with E-state index in [2.05, 4.69) is 31.2 Å². The molecule has 0 aliphatic carbocycles. The van der Waals surface area contributed by atoms with Crippen LogP contribution in [0.15, 0.2) is 16.7 Å². The fourth-order valence-electron chi connectivity index (χ4n) is 1.58. The van der Waals surface area contributed by atoms with Crippen molar-refractivity contribution in [3.05, 3.63) is 23.7 Å². The third kappa shape index (κ3) is 5.58. The van der Waals surface area contributed by atoms with Crippen LogP contribution in [0.5, 0.6) is 0 Å². The molecule has 0 amide bonds. The predicted molar refractivity (Wildman–Crippen MR) is 70.4 cm³/mol. The van der Waals surface area contributed by atoms with Gasteiger partial charge in [0, 0.05) is 12.1 Å². The molecule has 0 radical (unpaired) electrons. The molecule has 0 aliphatic rings. The summed E-state index contributed by atoms with van der Waals surface area (Å²) in [7, 11) is 1.99. The van der Waals surface area contributed by atoms with Gasteiger partial charge in [-0.1, -0.05) is 19.8 Å². The highest BCUT2D eigenvalue weighted by Gasteiger charge is 2.04. The molecular weight excluding hydrogens is 212 g/mol. The average Bonchev–Trinajstić information content (AvgIpc) is 2.65. The van der Waals surface area contributed by atoms with Gasteiger partial charge in [0.05, 0.1) is 19.4 Å². The fraction of sp³-hybridized carbons (Fsp3) is 0.571. The van der Waals surface area contributed by atoms with Gasteiger partial charge in [-0.2, -0.15) is 0 Å². The molecule has 3 heteroatoms. The van der Waals surface area contributed by atoms with Crippen molar-refractivity contribution in [3.8, 4) is 12.3 Å². The quantitative estimate of drug-likeness (QED) is 0.732. The van der Waals surface area contributed by atoms with Crippen molar-refractivity contribution in [2.45, 2.75) is 26.9 Å². The Labute approximate surface area is 104 Å². The van der Waals surface area contributed by atoms with Crippen LogP contribution in [0.4, 0.5) is 0 Å². The largest absolute Gasteiger partial charge is 0.468 e. The van der Waals surface area contributed by atoms with E-state index in [4.69, 9.17) is 10.8 Å². The average molecular weight is 234 g/mol. The zero-order valence-electron chi connectivity index (χ0n) is 11.0. The third-order valence-corrected chi connectivity index (χ3v) is 2.38. The molecule has 0 aliphatic heterocycles. The van der Waals surface area contributed by atoms with Crippen LogP contribution in [-0.4, -0.2) is 25.0 Å². The fourth-order valence-corrected chi connectivity index (χ4v) is 1.58. The van der Waals surface area contributed by atoms with E-state index in [-0.39, 0.29) is 0 Å². The summed E-state index contributed by atoms with van der Waals surface area (Å²) in [4.78, 5) is 2.05. The molecule has 1 aromatic heterocycles. The third-order valence-electron chi connectivity index (χ3n) is 2.38. The van der Waals surface area contributed by atoms with Gasteiger partial charge in [-0.15, -0.1) is 6.42 Å². The highest BCUT2D eigenvalue weighted by atomic mass is 16.3. The van der Waals surface area contributed by atoms with Gasteiger partial charge in [-0.3, -0.25) is 4.90 Å². The topological polar surface area (TPSA) is 28.4 Å². The minimum absolute atomic E-state index is 0.641. The van der Waals surface area contributed by atoms with Gasteiger partial charge in [-0.25, -0.2) is 0 Å². The molecule has 0 fully saturated rings. The van der Waals surface area contributed by atoms with Crippen LogP contribution in [0, 0.1) is 18.3 Å². The number of terminal acetylenes is 1. The molecule has 1 aromatic rings. The van der Waals surface area contributed by atoms with E-state index in [0.29, 0.717) is 12.5 Å². The van der Waals surface area contributed by atoms with Crippen LogP contribution in [0.25, 0.3) is 0 Å². The monoisotopic (exact) mass is 234 g/mol. The normalized spacial score (nSPS) is 11.1. The summed E-state index contributed by atoms with van der Waals surface area (Å²) in [6.45, 7) is 7.68. The van der Waals surface area contributed by atoms with Crippen LogP contribution in [-0.2, 0) is 13.1 Å². The summed E-state index contributed by atoms with van der Waals surface area (Å²) in [5.41, 5.74) is 1.19. The maximum absolute atomic E-state index is 5.49. The van der Waals surface area contributed by atoms with Gasteiger partial charge in [0.15, 0.2) is 0 Å². The highest BCUT2D eigenvalue weighted by Crippen LogP contribution is 2.09. The standard InChI is InChI=1S/C14H22N2O/c1-5-6-16(4)10-14-7-13(11-17-14)9-15-8-12(2)3/h1,7,11-12,15H,6,8-10H2,2-4H3. The van der Waals surface area contributed by atoms with E-state index in [1.54, 1.807) is 0 Å². The smallest absolute Gasteiger partial charge is 0.118 e. The second kappa shape index (κ2) is 7.16. The Morgan fingerprint density at radius 2 is 2.29 bits per heavy atom. The lowest BCUT2D eigenvalue weighted by molar-refractivity contribution is 0.326. The van der Waals surface area contributed by atoms with Crippen LogP contribution in [0.3, 0.4) is 0 Å². The van der Waals surface area contributed by atoms with Crippen LogP contribution in [0.2, 0.25) is 0 Å². The molecule has 1 heterocycles. The number of hydrogen-bond acceptors (Lipinski definition) is 3. The van der Waals surface area contributed by atoms with Gasteiger partial charge in [0.2, 0.25) is 0 Å². The van der Waals surface area contributed by atoms with Crippen molar-refractivity contribution in [2.75, 3.05) is 20.1 Å². The summed E-state index contributed by atoms with van der Waals surface area (Å²) in [5.74, 6) is 4.24. The lowest BCUT2D eigenvalue weighted by atomic mass is 10.2. The Kier molecular flexibility index (Phi) is 5.82. The molecule has 1 N–H and O–H groups in total. The molecule has 0 atom stereocenters. The van der Waals surface area contributed by atoms with Crippen molar-refractivity contribution in [2.24, 2.45) is 5.92 Å². The summed E-state index contributed by atoms with van der Waals surface area (Å²) < 4.78 is 5.49. The Bertz CT molecular complexity index is 363. The number of hydrogen-bond donors (Lipinski definition) is 1. The van der Waals surface area contributed by atoms with Crippen molar-refractivity contribution >= 4 is 0 Å². The number of furan rings is 1. The first-order valence-electron chi connectivity index (χ1n) is 6.00. The van der Waals surface area contributed by atoms with E-state index in [0.717, 1.165) is 25.4 Å². The van der Waals surface area contributed by atoms with Gasteiger partial charge < -0.3 is 9.73 Å². The molecule has 17 heavy (non-hydrogen) atoms. The SMILES string of the molecule is C#CCN(C)Cc1cc(CNCC(C)C)co1. The van der Waals surface area contributed by atoms with E-state index < -0.39 is 0 Å². The van der Waals surface area contributed by atoms with Crippen molar-refractivity contribution in [1.82, 2.24) is 10.2 Å². The van der Waals surface area contributed by atoms with Gasteiger partial charge in [0.25, 0.3) is 0 Å². The lowest BCUT2D eigenvalue weighted by Gasteiger charge is -2.09.